The van der Waals surface area contributed by atoms with Crippen molar-refractivity contribution in [1.29, 1.82) is 0 Å². The minimum Gasteiger partial charge on any atom is -0.496 e. The van der Waals surface area contributed by atoms with E-state index in [4.69, 9.17) is 4.74 Å². The topological polar surface area (TPSA) is 25.0 Å². The normalized spacial score (nSPS) is 11.1. The van der Waals surface area contributed by atoms with Gasteiger partial charge in [0.15, 0.2) is 0 Å². The number of methoxy groups -OCH3 is 1. The van der Waals surface area contributed by atoms with Crippen LogP contribution in [-0.4, -0.2) is 12.1 Å². The first-order valence-corrected chi connectivity index (χ1v) is 7.01. The minimum atomic E-state index is 0.889. The van der Waals surface area contributed by atoms with E-state index in [0.29, 0.717) is 0 Å². The van der Waals surface area contributed by atoms with Crippen LogP contribution in [0, 0.1) is 0 Å². The molecule has 21 heavy (non-hydrogen) atoms. The maximum absolute atomic E-state index is 5.58. The van der Waals surface area contributed by atoms with Crippen molar-refractivity contribution >= 4 is 21.8 Å². The first-order valence-electron chi connectivity index (χ1n) is 7.01. The van der Waals surface area contributed by atoms with E-state index in [1.165, 1.54) is 16.3 Å². The number of para-hydroxylation sites is 1. The first-order chi connectivity index (χ1) is 10.4. The number of nitrogens with one attached hydrogen (secondary N) is 1. The van der Waals surface area contributed by atoms with E-state index in [1.54, 1.807) is 7.11 Å². The molecule has 102 valence electrons. The van der Waals surface area contributed by atoms with Crippen molar-refractivity contribution in [3.05, 3.63) is 66.7 Å². The van der Waals surface area contributed by atoms with Crippen LogP contribution in [-0.2, 0) is 0 Å². The van der Waals surface area contributed by atoms with E-state index in [9.17, 15) is 0 Å². The Morgan fingerprint density at radius 1 is 0.762 bits per heavy atom. The molecule has 2 nitrogen and oxygen atoms in total. The van der Waals surface area contributed by atoms with Gasteiger partial charge in [-0.2, -0.15) is 0 Å². The van der Waals surface area contributed by atoms with Crippen molar-refractivity contribution in [3.8, 4) is 16.9 Å². The Balaban J connectivity index is 2.08. The molecule has 1 N–H and O–H groups in total. The zero-order valence-corrected chi connectivity index (χ0v) is 11.8. The van der Waals surface area contributed by atoms with Crippen LogP contribution in [0.25, 0.3) is 32.9 Å². The van der Waals surface area contributed by atoms with Crippen molar-refractivity contribution in [1.82, 2.24) is 4.98 Å². The molecule has 0 saturated heterocycles. The van der Waals surface area contributed by atoms with Gasteiger partial charge in [-0.05, 0) is 17.7 Å². The van der Waals surface area contributed by atoms with Crippen LogP contribution >= 0.6 is 0 Å². The van der Waals surface area contributed by atoms with E-state index in [1.807, 2.05) is 24.3 Å². The number of ether oxygens (including phenoxy) is 1. The molecule has 0 aliphatic carbocycles. The minimum absolute atomic E-state index is 0.889. The summed E-state index contributed by atoms with van der Waals surface area (Å²) < 4.78 is 5.58. The summed E-state index contributed by atoms with van der Waals surface area (Å²) in [6, 6.07) is 23.0. The molecule has 1 aromatic heterocycles. The van der Waals surface area contributed by atoms with Crippen LogP contribution in [0.15, 0.2) is 66.7 Å². The molecule has 0 bridgehead atoms. The zero-order chi connectivity index (χ0) is 14.2. The Morgan fingerprint density at radius 3 is 2.33 bits per heavy atom. The van der Waals surface area contributed by atoms with Crippen LogP contribution in [0.4, 0.5) is 0 Å². The van der Waals surface area contributed by atoms with Gasteiger partial charge in [-0.1, -0.05) is 48.5 Å². The summed E-state index contributed by atoms with van der Waals surface area (Å²) in [5.41, 5.74) is 4.55. The van der Waals surface area contributed by atoms with Crippen LogP contribution in [0.2, 0.25) is 0 Å². The number of hydrogen-bond acceptors (Lipinski definition) is 1. The fourth-order valence-electron chi connectivity index (χ4n) is 2.89. The molecule has 4 rings (SSSR count). The highest BCUT2D eigenvalue weighted by atomic mass is 16.5. The Labute approximate surface area is 123 Å². The lowest BCUT2D eigenvalue weighted by Crippen LogP contribution is -1.88. The van der Waals surface area contributed by atoms with E-state index in [0.717, 1.165) is 22.3 Å². The largest absolute Gasteiger partial charge is 0.496 e. The predicted molar refractivity (Wildman–Crippen MR) is 87.8 cm³/mol. The maximum atomic E-state index is 5.58. The standard InChI is InChI=1S/C19H15NO/c1-21-19-12-18-16(14-9-5-6-10-17(14)20-18)11-15(19)13-7-3-2-4-8-13/h2-12,20H,1H3. The maximum Gasteiger partial charge on any atom is 0.128 e. The number of aromatic nitrogens is 1. The molecular weight excluding hydrogens is 258 g/mol. The van der Waals surface area contributed by atoms with Crippen LogP contribution in [0.3, 0.4) is 0 Å². The van der Waals surface area contributed by atoms with Gasteiger partial charge < -0.3 is 9.72 Å². The van der Waals surface area contributed by atoms with Gasteiger partial charge in [0.05, 0.1) is 12.6 Å². The molecule has 3 aromatic carbocycles. The smallest absolute Gasteiger partial charge is 0.128 e. The highest BCUT2D eigenvalue weighted by molar-refractivity contribution is 6.09. The average molecular weight is 273 g/mol. The molecule has 0 saturated carbocycles. The van der Waals surface area contributed by atoms with Crippen LogP contribution in [0.5, 0.6) is 5.75 Å². The van der Waals surface area contributed by atoms with E-state index in [-0.39, 0.29) is 0 Å². The first kappa shape index (κ1) is 12.0. The number of rotatable bonds is 2. The number of fused-ring (bicyclic) bond motifs is 3. The number of H-pyrrole nitrogens is 1. The summed E-state index contributed by atoms with van der Waals surface area (Å²) >= 11 is 0. The molecule has 0 spiro atoms. The molecule has 0 atom stereocenters. The number of aromatic amines is 1. The van der Waals surface area contributed by atoms with Crippen LogP contribution < -0.4 is 4.74 Å². The Morgan fingerprint density at radius 2 is 1.52 bits per heavy atom. The third kappa shape index (κ3) is 1.88. The van der Waals surface area contributed by atoms with E-state index in [2.05, 4.69) is 47.4 Å². The van der Waals surface area contributed by atoms with Crippen molar-refractivity contribution in [2.75, 3.05) is 7.11 Å². The second-order valence-corrected chi connectivity index (χ2v) is 5.13. The van der Waals surface area contributed by atoms with E-state index < -0.39 is 0 Å². The highest BCUT2D eigenvalue weighted by Gasteiger charge is 2.11. The van der Waals surface area contributed by atoms with Gasteiger partial charge >= 0.3 is 0 Å². The molecule has 0 aliphatic heterocycles. The highest BCUT2D eigenvalue weighted by Crippen LogP contribution is 2.36. The summed E-state index contributed by atoms with van der Waals surface area (Å²) in [5.74, 6) is 0.889. The molecular formula is C19H15NO. The van der Waals surface area contributed by atoms with Gasteiger partial charge in [0.2, 0.25) is 0 Å². The Bertz CT molecular complexity index is 922. The summed E-state index contributed by atoms with van der Waals surface area (Å²) in [6.45, 7) is 0. The van der Waals surface area contributed by atoms with Crippen molar-refractivity contribution in [3.63, 3.8) is 0 Å². The van der Waals surface area contributed by atoms with Crippen LogP contribution in [0.1, 0.15) is 0 Å². The second kappa shape index (κ2) is 4.67. The summed E-state index contributed by atoms with van der Waals surface area (Å²) in [7, 11) is 1.72. The predicted octanol–water partition coefficient (Wildman–Crippen LogP) is 5.00. The fourth-order valence-corrected chi connectivity index (χ4v) is 2.89. The van der Waals surface area contributed by atoms with Crippen molar-refractivity contribution < 1.29 is 4.74 Å². The van der Waals surface area contributed by atoms with Gasteiger partial charge in [0.1, 0.15) is 5.75 Å². The summed E-state index contributed by atoms with van der Waals surface area (Å²) in [4.78, 5) is 3.45. The van der Waals surface area contributed by atoms with Crippen molar-refractivity contribution in [2.45, 2.75) is 0 Å². The van der Waals surface area contributed by atoms with Gasteiger partial charge in [-0.25, -0.2) is 0 Å². The molecule has 4 aromatic rings. The Kier molecular flexibility index (Phi) is 2.68. The van der Waals surface area contributed by atoms with Gasteiger partial charge in [0, 0.05) is 27.9 Å². The number of benzene rings is 3. The quantitative estimate of drug-likeness (QED) is 0.546. The molecule has 1 heterocycles. The molecule has 0 unspecified atom stereocenters. The summed E-state index contributed by atoms with van der Waals surface area (Å²) in [5, 5.41) is 2.47. The average Bonchev–Trinajstić information content (AvgIpc) is 2.92. The molecule has 2 heteroatoms. The lowest BCUT2D eigenvalue weighted by atomic mass is 10.0. The third-order valence-electron chi connectivity index (χ3n) is 3.91. The summed E-state index contributed by atoms with van der Waals surface area (Å²) in [6.07, 6.45) is 0. The lowest BCUT2D eigenvalue weighted by Gasteiger charge is -2.09. The monoisotopic (exact) mass is 273 g/mol. The molecule has 0 amide bonds. The zero-order valence-electron chi connectivity index (χ0n) is 11.8. The van der Waals surface area contributed by atoms with Gasteiger partial charge in [-0.3, -0.25) is 0 Å². The number of hydrogen-bond donors (Lipinski definition) is 1. The second-order valence-electron chi connectivity index (χ2n) is 5.13. The Hall–Kier alpha value is -2.74. The lowest BCUT2D eigenvalue weighted by molar-refractivity contribution is 0.417. The van der Waals surface area contributed by atoms with Gasteiger partial charge in [-0.15, -0.1) is 0 Å². The van der Waals surface area contributed by atoms with Crippen molar-refractivity contribution in [2.24, 2.45) is 0 Å². The molecule has 0 radical (unpaired) electrons. The van der Waals surface area contributed by atoms with E-state index >= 15 is 0 Å². The molecule has 0 fully saturated rings. The van der Waals surface area contributed by atoms with Gasteiger partial charge in [0.25, 0.3) is 0 Å². The molecule has 0 aliphatic rings. The fraction of sp³-hybridized carbons (Fsp3) is 0.0526. The third-order valence-corrected chi connectivity index (χ3v) is 3.91. The SMILES string of the molecule is COc1cc2[nH]c3ccccc3c2cc1-c1ccccc1.